The maximum atomic E-state index is 12.6. The molecule has 0 atom stereocenters. The Morgan fingerprint density at radius 2 is 1.48 bits per heavy atom. The largest absolute Gasteiger partial charge is 0.493 e. The topological polar surface area (TPSA) is 56.2 Å². The van der Waals surface area contributed by atoms with E-state index in [9.17, 15) is 4.79 Å². The molecule has 1 amide bonds. The Hall–Kier alpha value is -4.90. The van der Waals surface area contributed by atoms with Gasteiger partial charge in [0.05, 0.1) is 24.1 Å². The molecule has 210 valence electrons. The highest BCUT2D eigenvalue weighted by molar-refractivity contribution is 5.88. The van der Waals surface area contributed by atoms with Crippen molar-refractivity contribution in [2.75, 3.05) is 13.2 Å². The summed E-state index contributed by atoms with van der Waals surface area (Å²) in [5.74, 6) is 2.01. The highest BCUT2D eigenvalue weighted by Gasteiger charge is 2.11. The van der Waals surface area contributed by atoms with Crippen LogP contribution in [0.25, 0.3) is 32.9 Å². The maximum absolute atomic E-state index is 12.6. The number of fused-ring (bicyclic) bond motifs is 2. The van der Waals surface area contributed by atoms with Crippen LogP contribution in [0.4, 0.5) is 0 Å². The zero-order valence-corrected chi connectivity index (χ0v) is 23.7. The molecule has 0 radical (unpaired) electrons. The van der Waals surface area contributed by atoms with Crippen molar-refractivity contribution in [1.29, 1.82) is 0 Å². The van der Waals surface area contributed by atoms with Crippen LogP contribution in [0.15, 0.2) is 121 Å². The molecule has 6 aromatic rings. The lowest BCUT2D eigenvalue weighted by atomic mass is 10.0. The standard InChI is InChI=1S/C37H35N3O2/c41-37(27-28-20-22-30(23-21-28)29-11-2-1-3-12-29)38-24-9-19-36-39-33-16-6-7-17-34(33)40(36)25-10-26-42-35-18-8-14-31-13-4-5-15-32(31)35/h1-8,11-18,20-23H,9-10,19,24-27H2,(H,38,41). The molecule has 0 fully saturated rings. The van der Waals surface area contributed by atoms with Gasteiger partial charge >= 0.3 is 0 Å². The van der Waals surface area contributed by atoms with Crippen LogP contribution in [0.2, 0.25) is 0 Å². The van der Waals surface area contributed by atoms with Crippen molar-refractivity contribution in [1.82, 2.24) is 14.9 Å². The molecule has 42 heavy (non-hydrogen) atoms. The minimum Gasteiger partial charge on any atom is -0.493 e. The van der Waals surface area contributed by atoms with Gasteiger partial charge in [-0.05, 0) is 53.1 Å². The summed E-state index contributed by atoms with van der Waals surface area (Å²) in [6.07, 6.45) is 2.88. The first-order valence-corrected chi connectivity index (χ1v) is 14.7. The molecule has 0 aliphatic carbocycles. The average Bonchev–Trinajstić information content (AvgIpc) is 3.39. The van der Waals surface area contributed by atoms with Gasteiger partial charge in [0.2, 0.25) is 5.91 Å². The van der Waals surface area contributed by atoms with Gasteiger partial charge in [-0.1, -0.05) is 103 Å². The van der Waals surface area contributed by atoms with E-state index in [0.717, 1.165) is 64.9 Å². The second-order valence-electron chi connectivity index (χ2n) is 10.5. The lowest BCUT2D eigenvalue weighted by Crippen LogP contribution is -2.26. The third kappa shape index (κ3) is 6.52. The van der Waals surface area contributed by atoms with Gasteiger partial charge in [0, 0.05) is 24.9 Å². The van der Waals surface area contributed by atoms with E-state index in [1.807, 2.05) is 60.7 Å². The molecule has 5 heteroatoms. The zero-order valence-electron chi connectivity index (χ0n) is 23.7. The molecule has 6 rings (SSSR count). The van der Waals surface area contributed by atoms with E-state index in [-0.39, 0.29) is 5.91 Å². The first kappa shape index (κ1) is 27.3. The number of carbonyl (C=O) groups excluding carboxylic acids is 1. The predicted octanol–water partition coefficient (Wildman–Crippen LogP) is 7.62. The summed E-state index contributed by atoms with van der Waals surface area (Å²) in [6, 6.07) is 41.3. The summed E-state index contributed by atoms with van der Waals surface area (Å²) in [6.45, 7) is 2.07. The second kappa shape index (κ2) is 13.2. The summed E-state index contributed by atoms with van der Waals surface area (Å²) in [5, 5.41) is 5.41. The fourth-order valence-corrected chi connectivity index (χ4v) is 5.46. The predicted molar refractivity (Wildman–Crippen MR) is 171 cm³/mol. The van der Waals surface area contributed by atoms with Crippen LogP contribution in [-0.2, 0) is 24.2 Å². The second-order valence-corrected chi connectivity index (χ2v) is 10.5. The van der Waals surface area contributed by atoms with Crippen molar-refractivity contribution in [3.05, 3.63) is 133 Å². The number of hydrogen-bond donors (Lipinski definition) is 1. The minimum atomic E-state index is 0.0431. The van der Waals surface area contributed by atoms with Crippen molar-refractivity contribution >= 4 is 27.7 Å². The van der Waals surface area contributed by atoms with Crippen molar-refractivity contribution in [2.24, 2.45) is 0 Å². The third-order valence-electron chi connectivity index (χ3n) is 7.59. The average molecular weight is 554 g/mol. The summed E-state index contributed by atoms with van der Waals surface area (Å²) < 4.78 is 8.49. The van der Waals surface area contributed by atoms with Gasteiger partial charge in [-0.3, -0.25) is 4.79 Å². The summed E-state index contributed by atoms with van der Waals surface area (Å²) in [5.41, 5.74) is 5.49. The van der Waals surface area contributed by atoms with Crippen LogP contribution in [0.1, 0.15) is 24.2 Å². The van der Waals surface area contributed by atoms with E-state index in [1.54, 1.807) is 0 Å². The molecule has 0 unspecified atom stereocenters. The lowest BCUT2D eigenvalue weighted by molar-refractivity contribution is -0.120. The number of hydrogen-bond acceptors (Lipinski definition) is 3. The van der Waals surface area contributed by atoms with Gasteiger partial charge in [0.1, 0.15) is 11.6 Å². The molecule has 0 saturated heterocycles. The summed E-state index contributed by atoms with van der Waals surface area (Å²) in [7, 11) is 0. The molecule has 0 aliphatic heterocycles. The molecule has 0 bridgehead atoms. The molecule has 5 nitrogen and oxygen atoms in total. The van der Waals surface area contributed by atoms with E-state index in [1.165, 1.54) is 10.9 Å². The SMILES string of the molecule is O=C(Cc1ccc(-c2ccccc2)cc1)NCCCc1nc2ccccc2n1CCCOc1cccc2ccccc12. The molecule has 1 aromatic heterocycles. The fourth-order valence-electron chi connectivity index (χ4n) is 5.46. The third-order valence-corrected chi connectivity index (χ3v) is 7.59. The van der Waals surface area contributed by atoms with Crippen molar-refractivity contribution in [2.45, 2.75) is 32.2 Å². The number of imidazole rings is 1. The number of aromatic nitrogens is 2. The first-order chi connectivity index (χ1) is 20.7. The Labute approximate surface area is 246 Å². The Morgan fingerprint density at radius 3 is 2.36 bits per heavy atom. The highest BCUT2D eigenvalue weighted by atomic mass is 16.5. The van der Waals surface area contributed by atoms with Gasteiger partial charge in [-0.25, -0.2) is 4.98 Å². The minimum absolute atomic E-state index is 0.0431. The molecule has 5 aromatic carbocycles. The molecular weight excluding hydrogens is 518 g/mol. The Bertz CT molecular complexity index is 1770. The van der Waals surface area contributed by atoms with Crippen molar-refractivity contribution < 1.29 is 9.53 Å². The number of para-hydroxylation sites is 2. The Morgan fingerprint density at radius 1 is 0.738 bits per heavy atom. The van der Waals surface area contributed by atoms with Gasteiger partial charge < -0.3 is 14.6 Å². The number of benzene rings is 5. The first-order valence-electron chi connectivity index (χ1n) is 14.7. The van der Waals surface area contributed by atoms with Crippen LogP contribution >= 0.6 is 0 Å². The lowest BCUT2D eigenvalue weighted by Gasteiger charge is -2.12. The van der Waals surface area contributed by atoms with E-state index in [2.05, 4.69) is 70.5 Å². The monoisotopic (exact) mass is 553 g/mol. The van der Waals surface area contributed by atoms with Crippen LogP contribution in [0.5, 0.6) is 5.75 Å². The van der Waals surface area contributed by atoms with E-state index in [4.69, 9.17) is 9.72 Å². The van der Waals surface area contributed by atoms with Gasteiger partial charge in [-0.2, -0.15) is 0 Å². The smallest absolute Gasteiger partial charge is 0.224 e. The normalized spacial score (nSPS) is 11.1. The van der Waals surface area contributed by atoms with E-state index >= 15 is 0 Å². The fraction of sp³-hybridized carbons (Fsp3) is 0.189. The summed E-state index contributed by atoms with van der Waals surface area (Å²) >= 11 is 0. The molecule has 0 saturated carbocycles. The van der Waals surface area contributed by atoms with Crippen LogP contribution < -0.4 is 10.1 Å². The molecular formula is C37H35N3O2. The molecule has 1 N–H and O–H groups in total. The van der Waals surface area contributed by atoms with Gasteiger partial charge in [-0.15, -0.1) is 0 Å². The quantitative estimate of drug-likeness (QED) is 0.159. The van der Waals surface area contributed by atoms with Crippen LogP contribution in [0, 0.1) is 0 Å². The highest BCUT2D eigenvalue weighted by Crippen LogP contribution is 2.25. The molecule has 0 aliphatic rings. The molecule has 0 spiro atoms. The summed E-state index contributed by atoms with van der Waals surface area (Å²) in [4.78, 5) is 17.5. The van der Waals surface area contributed by atoms with Crippen LogP contribution in [-0.4, -0.2) is 28.6 Å². The van der Waals surface area contributed by atoms with Crippen molar-refractivity contribution in [3.8, 4) is 16.9 Å². The maximum Gasteiger partial charge on any atom is 0.224 e. The Kier molecular flexibility index (Phi) is 8.56. The number of carbonyl (C=O) groups is 1. The van der Waals surface area contributed by atoms with Crippen molar-refractivity contribution in [3.63, 3.8) is 0 Å². The van der Waals surface area contributed by atoms with E-state index < -0.39 is 0 Å². The number of aryl methyl sites for hydroxylation is 2. The van der Waals surface area contributed by atoms with E-state index in [0.29, 0.717) is 19.6 Å². The number of nitrogens with one attached hydrogen (secondary N) is 1. The number of rotatable bonds is 12. The number of ether oxygens (including phenoxy) is 1. The number of amides is 1. The van der Waals surface area contributed by atoms with Gasteiger partial charge in [0.15, 0.2) is 0 Å². The number of nitrogens with zero attached hydrogens (tertiary/aromatic N) is 2. The van der Waals surface area contributed by atoms with Gasteiger partial charge in [0.25, 0.3) is 0 Å². The Balaban J connectivity index is 1.00. The molecule has 1 heterocycles. The van der Waals surface area contributed by atoms with Crippen LogP contribution in [0.3, 0.4) is 0 Å². The zero-order chi connectivity index (χ0) is 28.6.